The fourth-order valence-corrected chi connectivity index (χ4v) is 1.69. The second-order valence-corrected chi connectivity index (χ2v) is 5.40. The predicted molar refractivity (Wildman–Crippen MR) is 63.5 cm³/mol. The number of aliphatic carboxylic acids is 1. The Balaban J connectivity index is 2.76. The van der Waals surface area contributed by atoms with Gasteiger partial charge in [-0.3, -0.25) is 5.32 Å². The lowest BCUT2D eigenvalue weighted by molar-refractivity contribution is -0.166. The number of thiazole rings is 1. The summed E-state index contributed by atoms with van der Waals surface area (Å²) in [7, 11) is 0. The minimum absolute atomic E-state index is 0.162. The van der Waals surface area contributed by atoms with E-state index in [9.17, 15) is 18.4 Å². The summed E-state index contributed by atoms with van der Waals surface area (Å²) in [5.41, 5.74) is -1.68. The zero-order valence-electron chi connectivity index (χ0n) is 10.4. The molecule has 0 aromatic carbocycles. The number of nitrogens with one attached hydrogen (secondary N) is 1. The molecule has 6 nitrogen and oxygen atoms in total. The Labute approximate surface area is 111 Å². The summed E-state index contributed by atoms with van der Waals surface area (Å²) in [5.74, 6) is -6.40. The van der Waals surface area contributed by atoms with Gasteiger partial charge < -0.3 is 9.84 Å². The lowest BCUT2D eigenvalue weighted by atomic mass is 10.2. The minimum Gasteiger partial charge on any atom is -0.476 e. The monoisotopic (exact) mass is 294 g/mol. The minimum atomic E-state index is -4.09. The van der Waals surface area contributed by atoms with E-state index >= 15 is 0 Å². The first-order valence-electron chi connectivity index (χ1n) is 5.09. The van der Waals surface area contributed by atoms with Gasteiger partial charge in [-0.1, -0.05) is 0 Å². The van der Waals surface area contributed by atoms with E-state index in [0.29, 0.717) is 11.3 Å². The van der Waals surface area contributed by atoms with Crippen LogP contribution in [0.5, 0.6) is 0 Å². The Morgan fingerprint density at radius 2 is 2.00 bits per heavy atom. The average Bonchev–Trinajstić information content (AvgIpc) is 2.62. The highest BCUT2D eigenvalue weighted by Crippen LogP contribution is 2.30. The molecular weight excluding hydrogens is 282 g/mol. The topological polar surface area (TPSA) is 88.5 Å². The number of carbonyl (C=O) groups is 2. The van der Waals surface area contributed by atoms with E-state index < -0.39 is 29.3 Å². The molecule has 106 valence electrons. The van der Waals surface area contributed by atoms with E-state index in [1.165, 1.54) is 0 Å². The van der Waals surface area contributed by atoms with Crippen molar-refractivity contribution in [2.24, 2.45) is 0 Å². The van der Waals surface area contributed by atoms with E-state index in [-0.39, 0.29) is 5.13 Å². The summed E-state index contributed by atoms with van der Waals surface area (Å²) in [6.07, 6.45) is -0.855. The molecular formula is C10H12F2N2O4S. The van der Waals surface area contributed by atoms with Gasteiger partial charge in [0.2, 0.25) is 0 Å². The number of alkyl halides is 2. The molecule has 0 atom stereocenters. The molecule has 1 aromatic rings. The van der Waals surface area contributed by atoms with Crippen LogP contribution in [0.2, 0.25) is 0 Å². The highest BCUT2D eigenvalue weighted by Gasteiger charge is 2.43. The van der Waals surface area contributed by atoms with Gasteiger partial charge in [-0.15, -0.1) is 11.3 Å². The number of carbonyl (C=O) groups excluding carboxylic acids is 1. The highest BCUT2D eigenvalue weighted by atomic mass is 32.1. The lowest BCUT2D eigenvalue weighted by Gasteiger charge is -2.18. The van der Waals surface area contributed by atoms with Gasteiger partial charge in [0.15, 0.2) is 5.13 Å². The third kappa shape index (κ3) is 4.12. The zero-order chi connectivity index (χ0) is 14.8. The number of ether oxygens (including phenoxy) is 1. The van der Waals surface area contributed by atoms with Crippen LogP contribution in [0.3, 0.4) is 0 Å². The molecule has 0 aliphatic rings. The van der Waals surface area contributed by atoms with Crippen LogP contribution in [0, 0.1) is 0 Å². The van der Waals surface area contributed by atoms with E-state index in [2.05, 4.69) is 10.3 Å². The first-order valence-corrected chi connectivity index (χ1v) is 5.97. The molecule has 0 spiro atoms. The number of hydrogen-bond acceptors (Lipinski definition) is 5. The smallest absolute Gasteiger partial charge is 0.413 e. The maximum Gasteiger partial charge on any atom is 0.413 e. The third-order valence-corrected chi connectivity index (χ3v) is 2.46. The second-order valence-electron chi connectivity index (χ2n) is 4.54. The van der Waals surface area contributed by atoms with Crippen LogP contribution in [-0.4, -0.2) is 27.8 Å². The summed E-state index contributed by atoms with van der Waals surface area (Å²) in [6.45, 7) is 4.91. The molecule has 2 N–H and O–H groups in total. The van der Waals surface area contributed by atoms with Crippen LogP contribution in [0.25, 0.3) is 0 Å². The highest BCUT2D eigenvalue weighted by molar-refractivity contribution is 7.13. The first-order chi connectivity index (χ1) is 8.52. The summed E-state index contributed by atoms with van der Waals surface area (Å²) >= 11 is 0.682. The SMILES string of the molecule is CC(C)(C)OC(=O)Nc1nc(C(F)(F)C(=O)O)cs1. The zero-order valence-corrected chi connectivity index (χ0v) is 11.2. The number of anilines is 1. The van der Waals surface area contributed by atoms with Crippen molar-refractivity contribution in [3.63, 3.8) is 0 Å². The molecule has 0 aliphatic carbocycles. The van der Waals surface area contributed by atoms with Gasteiger partial charge in [0, 0.05) is 5.38 Å². The number of nitrogens with zero attached hydrogens (tertiary/aromatic N) is 1. The van der Waals surface area contributed by atoms with Crippen molar-refractivity contribution in [2.45, 2.75) is 32.3 Å². The van der Waals surface area contributed by atoms with Gasteiger partial charge in [-0.05, 0) is 20.8 Å². The Hall–Kier alpha value is -1.77. The fourth-order valence-electron chi connectivity index (χ4n) is 0.976. The maximum absolute atomic E-state index is 13.1. The molecule has 0 unspecified atom stereocenters. The molecule has 1 aromatic heterocycles. The lowest BCUT2D eigenvalue weighted by Crippen LogP contribution is -2.28. The van der Waals surface area contributed by atoms with E-state index in [1.807, 2.05) is 0 Å². The molecule has 0 aliphatic heterocycles. The summed E-state index contributed by atoms with van der Waals surface area (Å²) < 4.78 is 31.1. The average molecular weight is 294 g/mol. The molecule has 0 saturated carbocycles. The Morgan fingerprint density at radius 1 is 1.42 bits per heavy atom. The molecule has 0 saturated heterocycles. The van der Waals surface area contributed by atoms with Crippen LogP contribution >= 0.6 is 11.3 Å². The van der Waals surface area contributed by atoms with Gasteiger partial charge in [0.1, 0.15) is 11.3 Å². The summed E-state index contributed by atoms with van der Waals surface area (Å²) in [5, 5.41) is 11.2. The Bertz CT molecular complexity index is 496. The predicted octanol–water partition coefficient (Wildman–Crippen LogP) is 2.67. The maximum atomic E-state index is 13.1. The largest absolute Gasteiger partial charge is 0.476 e. The molecule has 1 rings (SSSR count). The number of rotatable bonds is 3. The van der Waals surface area contributed by atoms with Crippen molar-refractivity contribution in [3.8, 4) is 0 Å². The molecule has 9 heteroatoms. The standard InChI is InChI=1S/C10H12F2N2O4S/c1-9(2,3)18-8(17)14-7-13-5(4-19-7)10(11,12)6(15)16/h4H,1-3H3,(H,15,16)(H,13,14,17). The van der Waals surface area contributed by atoms with Crippen LogP contribution in [-0.2, 0) is 15.5 Å². The van der Waals surface area contributed by atoms with Crippen molar-refractivity contribution in [2.75, 3.05) is 5.32 Å². The molecule has 1 heterocycles. The number of carboxylic acids is 1. The van der Waals surface area contributed by atoms with Crippen molar-refractivity contribution in [3.05, 3.63) is 11.1 Å². The van der Waals surface area contributed by atoms with Crippen LogP contribution in [0.4, 0.5) is 18.7 Å². The number of aromatic nitrogens is 1. The number of carboxylic acid groups (broad SMARTS) is 1. The van der Waals surface area contributed by atoms with E-state index in [1.54, 1.807) is 20.8 Å². The van der Waals surface area contributed by atoms with Crippen molar-refractivity contribution in [1.29, 1.82) is 0 Å². The Kier molecular flexibility index (Phi) is 4.09. The third-order valence-electron chi connectivity index (χ3n) is 1.70. The molecule has 1 amide bonds. The number of amides is 1. The van der Waals surface area contributed by atoms with Gasteiger partial charge in [-0.25, -0.2) is 14.6 Å². The van der Waals surface area contributed by atoms with Crippen LogP contribution < -0.4 is 5.32 Å². The molecule has 0 fully saturated rings. The first kappa shape index (κ1) is 15.3. The van der Waals surface area contributed by atoms with Crippen LogP contribution in [0.15, 0.2) is 5.38 Å². The van der Waals surface area contributed by atoms with Crippen molar-refractivity contribution in [1.82, 2.24) is 4.98 Å². The van der Waals surface area contributed by atoms with E-state index in [0.717, 1.165) is 5.38 Å². The summed E-state index contributed by atoms with van der Waals surface area (Å²) in [6, 6.07) is 0. The quantitative estimate of drug-likeness (QED) is 0.894. The fraction of sp³-hybridized carbons (Fsp3) is 0.500. The Morgan fingerprint density at radius 3 is 2.47 bits per heavy atom. The van der Waals surface area contributed by atoms with Crippen molar-refractivity contribution >= 4 is 28.5 Å². The molecule has 19 heavy (non-hydrogen) atoms. The second kappa shape index (κ2) is 5.08. The number of hydrogen-bond donors (Lipinski definition) is 2. The van der Waals surface area contributed by atoms with Gasteiger partial charge in [0.25, 0.3) is 0 Å². The van der Waals surface area contributed by atoms with Crippen LogP contribution in [0.1, 0.15) is 26.5 Å². The normalized spacial score (nSPS) is 12.1. The summed E-state index contributed by atoms with van der Waals surface area (Å²) in [4.78, 5) is 25.0. The molecule has 0 bridgehead atoms. The van der Waals surface area contributed by atoms with E-state index in [4.69, 9.17) is 9.84 Å². The number of halogens is 2. The van der Waals surface area contributed by atoms with Gasteiger partial charge >= 0.3 is 18.0 Å². The van der Waals surface area contributed by atoms with Crippen molar-refractivity contribution < 1.29 is 28.2 Å². The van der Waals surface area contributed by atoms with Gasteiger partial charge in [0.05, 0.1) is 0 Å². The van der Waals surface area contributed by atoms with Gasteiger partial charge in [-0.2, -0.15) is 8.78 Å². The molecule has 0 radical (unpaired) electrons.